The van der Waals surface area contributed by atoms with Crippen molar-refractivity contribution >= 4 is 29.3 Å². The van der Waals surface area contributed by atoms with Gasteiger partial charge in [0.25, 0.3) is 0 Å². The number of hydrogen-bond donors (Lipinski definition) is 0. The molecule has 0 spiro atoms. The summed E-state index contributed by atoms with van der Waals surface area (Å²) in [6, 6.07) is 0. The van der Waals surface area contributed by atoms with E-state index >= 15 is 0 Å². The van der Waals surface area contributed by atoms with E-state index in [1.54, 1.807) is 0 Å². The second-order valence-electron chi connectivity index (χ2n) is 4.43. The monoisotopic (exact) mass is 246 g/mol. The molecular weight excluding hydrogens is 224 g/mol. The van der Waals surface area contributed by atoms with Gasteiger partial charge in [-0.2, -0.15) is 11.8 Å². The van der Waals surface area contributed by atoms with Crippen molar-refractivity contribution in [3.63, 3.8) is 0 Å². The number of hydrogen-bond acceptors (Lipinski definition) is 3. The van der Waals surface area contributed by atoms with Crippen LogP contribution in [-0.4, -0.2) is 27.8 Å². The van der Waals surface area contributed by atoms with Crippen molar-refractivity contribution in [2.75, 3.05) is 11.5 Å². The van der Waals surface area contributed by atoms with Crippen LogP contribution in [0.4, 0.5) is 0 Å². The highest BCUT2D eigenvalue weighted by atomic mass is 32.2. The summed E-state index contributed by atoms with van der Waals surface area (Å²) < 4.78 is 0. The van der Waals surface area contributed by atoms with E-state index in [0.717, 1.165) is 12.2 Å². The molecule has 88 valence electrons. The quantitative estimate of drug-likeness (QED) is 0.737. The largest absolute Gasteiger partial charge is 0.298 e. The Morgan fingerprint density at radius 2 is 2.07 bits per heavy atom. The first-order valence-electron chi connectivity index (χ1n) is 5.91. The fourth-order valence-electron chi connectivity index (χ4n) is 2.04. The van der Waals surface area contributed by atoms with Gasteiger partial charge in [-0.1, -0.05) is 33.6 Å². The SMILES string of the molecule is CCCC(C)CC(=O)C1SCCSC1C. The van der Waals surface area contributed by atoms with E-state index < -0.39 is 0 Å². The molecule has 1 fully saturated rings. The molecule has 1 saturated heterocycles. The fraction of sp³-hybridized carbons (Fsp3) is 0.917. The van der Waals surface area contributed by atoms with Crippen molar-refractivity contribution in [3.8, 4) is 0 Å². The molecule has 0 aromatic heterocycles. The first-order chi connectivity index (χ1) is 7.15. The van der Waals surface area contributed by atoms with E-state index in [2.05, 4.69) is 20.8 Å². The molecule has 0 saturated carbocycles. The molecule has 3 heteroatoms. The van der Waals surface area contributed by atoms with Crippen LogP contribution in [0, 0.1) is 5.92 Å². The molecule has 0 aromatic rings. The van der Waals surface area contributed by atoms with Gasteiger partial charge in [-0.3, -0.25) is 4.79 Å². The molecule has 3 unspecified atom stereocenters. The Morgan fingerprint density at radius 3 is 2.67 bits per heavy atom. The van der Waals surface area contributed by atoms with Crippen molar-refractivity contribution in [2.24, 2.45) is 5.92 Å². The maximum absolute atomic E-state index is 12.1. The van der Waals surface area contributed by atoms with E-state index in [1.807, 2.05) is 23.5 Å². The predicted molar refractivity (Wildman–Crippen MR) is 71.9 cm³/mol. The average molecular weight is 246 g/mol. The zero-order valence-electron chi connectivity index (χ0n) is 9.99. The third-order valence-electron chi connectivity index (χ3n) is 2.84. The zero-order chi connectivity index (χ0) is 11.3. The maximum atomic E-state index is 12.1. The summed E-state index contributed by atoms with van der Waals surface area (Å²) in [6.45, 7) is 6.59. The highest BCUT2D eigenvalue weighted by Gasteiger charge is 2.29. The highest BCUT2D eigenvalue weighted by Crippen LogP contribution is 2.33. The van der Waals surface area contributed by atoms with Crippen LogP contribution in [0.1, 0.15) is 40.0 Å². The van der Waals surface area contributed by atoms with Crippen LogP contribution in [0.25, 0.3) is 0 Å². The summed E-state index contributed by atoms with van der Waals surface area (Å²) in [6.07, 6.45) is 3.16. The Balaban J connectivity index is 2.37. The molecule has 1 heterocycles. The van der Waals surface area contributed by atoms with Crippen LogP contribution >= 0.6 is 23.5 Å². The minimum Gasteiger partial charge on any atom is -0.298 e. The van der Waals surface area contributed by atoms with Crippen molar-refractivity contribution in [3.05, 3.63) is 0 Å². The third-order valence-corrected chi connectivity index (χ3v) is 5.97. The van der Waals surface area contributed by atoms with Crippen LogP contribution in [0.15, 0.2) is 0 Å². The minimum atomic E-state index is 0.267. The number of rotatable bonds is 5. The molecule has 0 amide bonds. The van der Waals surface area contributed by atoms with Crippen molar-refractivity contribution in [1.29, 1.82) is 0 Å². The molecule has 0 N–H and O–H groups in total. The standard InChI is InChI=1S/C12H22OS2/c1-4-5-9(2)8-11(13)12-10(3)14-6-7-15-12/h9-10,12H,4-8H2,1-3H3. The number of Topliss-reactive ketones (excluding diaryl/α,β-unsaturated/α-hetero) is 1. The van der Waals surface area contributed by atoms with Crippen molar-refractivity contribution in [2.45, 2.75) is 50.5 Å². The van der Waals surface area contributed by atoms with Gasteiger partial charge >= 0.3 is 0 Å². The summed E-state index contributed by atoms with van der Waals surface area (Å²) in [5, 5.41) is 0.785. The zero-order valence-corrected chi connectivity index (χ0v) is 11.6. The summed E-state index contributed by atoms with van der Waals surface area (Å²) in [7, 11) is 0. The van der Waals surface area contributed by atoms with Gasteiger partial charge in [0, 0.05) is 23.2 Å². The Bertz CT molecular complexity index is 206. The molecular formula is C12H22OS2. The Labute approximate surface area is 102 Å². The molecule has 1 nitrogen and oxygen atoms in total. The van der Waals surface area contributed by atoms with Crippen LogP contribution in [0.2, 0.25) is 0 Å². The topological polar surface area (TPSA) is 17.1 Å². The van der Waals surface area contributed by atoms with Crippen molar-refractivity contribution in [1.82, 2.24) is 0 Å². The molecule has 1 aliphatic heterocycles. The normalized spacial score (nSPS) is 28.7. The summed E-state index contributed by atoms with van der Waals surface area (Å²) >= 11 is 3.82. The van der Waals surface area contributed by atoms with Crippen LogP contribution in [-0.2, 0) is 4.79 Å². The molecule has 3 atom stereocenters. The predicted octanol–water partition coefficient (Wildman–Crippen LogP) is 3.62. The lowest BCUT2D eigenvalue weighted by Gasteiger charge is -2.27. The molecule has 15 heavy (non-hydrogen) atoms. The van der Waals surface area contributed by atoms with E-state index in [-0.39, 0.29) is 5.25 Å². The van der Waals surface area contributed by atoms with Gasteiger partial charge < -0.3 is 0 Å². The smallest absolute Gasteiger partial charge is 0.147 e. The lowest BCUT2D eigenvalue weighted by atomic mass is 9.97. The van der Waals surface area contributed by atoms with E-state index in [9.17, 15) is 4.79 Å². The first-order valence-corrected chi connectivity index (χ1v) is 8.00. The fourth-order valence-corrected chi connectivity index (χ4v) is 4.79. The Morgan fingerprint density at radius 1 is 1.40 bits per heavy atom. The van der Waals surface area contributed by atoms with E-state index in [0.29, 0.717) is 17.0 Å². The third kappa shape index (κ3) is 4.39. The van der Waals surface area contributed by atoms with Gasteiger partial charge in [-0.05, 0) is 5.92 Å². The van der Waals surface area contributed by atoms with Gasteiger partial charge in [-0.15, -0.1) is 11.8 Å². The van der Waals surface area contributed by atoms with E-state index in [1.165, 1.54) is 18.6 Å². The highest BCUT2D eigenvalue weighted by molar-refractivity contribution is 8.07. The lowest BCUT2D eigenvalue weighted by Crippen LogP contribution is -2.32. The second kappa shape index (κ2) is 6.85. The molecule has 0 radical (unpaired) electrons. The lowest BCUT2D eigenvalue weighted by molar-refractivity contribution is -0.119. The number of carbonyl (C=O) groups excluding carboxylic acids is 1. The first kappa shape index (κ1) is 13.4. The van der Waals surface area contributed by atoms with E-state index in [4.69, 9.17) is 0 Å². The van der Waals surface area contributed by atoms with Gasteiger partial charge in [0.15, 0.2) is 0 Å². The van der Waals surface area contributed by atoms with Gasteiger partial charge in [-0.25, -0.2) is 0 Å². The van der Waals surface area contributed by atoms with Gasteiger partial charge in [0.2, 0.25) is 0 Å². The second-order valence-corrected chi connectivity index (χ2v) is 7.17. The minimum absolute atomic E-state index is 0.267. The molecule has 0 aliphatic carbocycles. The van der Waals surface area contributed by atoms with Gasteiger partial charge in [0.1, 0.15) is 5.78 Å². The molecule has 1 aliphatic rings. The summed E-state index contributed by atoms with van der Waals surface area (Å²) in [5.74, 6) is 3.41. The number of thioether (sulfide) groups is 2. The van der Waals surface area contributed by atoms with Gasteiger partial charge in [0.05, 0.1) is 5.25 Å². The average Bonchev–Trinajstić information content (AvgIpc) is 2.18. The summed E-state index contributed by atoms with van der Waals surface area (Å²) in [5.41, 5.74) is 0. The number of carbonyl (C=O) groups is 1. The Hall–Kier alpha value is 0.370. The summed E-state index contributed by atoms with van der Waals surface area (Å²) in [4.78, 5) is 12.1. The number of ketones is 1. The maximum Gasteiger partial charge on any atom is 0.147 e. The molecule has 1 rings (SSSR count). The van der Waals surface area contributed by atoms with Crippen LogP contribution < -0.4 is 0 Å². The Kier molecular flexibility index (Phi) is 6.13. The van der Waals surface area contributed by atoms with Crippen LogP contribution in [0.5, 0.6) is 0 Å². The molecule has 0 bridgehead atoms. The van der Waals surface area contributed by atoms with Crippen molar-refractivity contribution < 1.29 is 4.79 Å². The van der Waals surface area contributed by atoms with Crippen LogP contribution in [0.3, 0.4) is 0 Å². The molecule has 0 aromatic carbocycles.